The van der Waals surface area contributed by atoms with Gasteiger partial charge in [0.05, 0.1) is 0 Å². The number of anilines is 1. The van der Waals surface area contributed by atoms with Crippen LogP contribution in [0.25, 0.3) is 11.4 Å². The smallest absolute Gasteiger partial charge is 0.223 e. The Morgan fingerprint density at radius 1 is 1.29 bits per heavy atom. The molecule has 6 nitrogen and oxygen atoms in total. The van der Waals surface area contributed by atoms with E-state index in [1.54, 1.807) is 10.7 Å². The van der Waals surface area contributed by atoms with Crippen LogP contribution < -0.4 is 10.2 Å². The van der Waals surface area contributed by atoms with Crippen LogP contribution in [0.4, 0.5) is 5.95 Å². The molecule has 0 bridgehead atoms. The summed E-state index contributed by atoms with van der Waals surface area (Å²) in [5.41, 5.74) is 2.00. The zero-order valence-corrected chi connectivity index (χ0v) is 14.8. The molecule has 3 rings (SSSR count). The average molecular weight is 329 g/mol. The van der Waals surface area contributed by atoms with E-state index in [1.165, 1.54) is 19.3 Å². The number of aromatic nitrogens is 3. The summed E-state index contributed by atoms with van der Waals surface area (Å²) in [6, 6.07) is 6.27. The number of benzene rings is 1. The van der Waals surface area contributed by atoms with Crippen molar-refractivity contribution in [1.82, 2.24) is 20.1 Å². The third-order valence-corrected chi connectivity index (χ3v) is 4.57. The highest BCUT2D eigenvalue weighted by Gasteiger charge is 2.15. The van der Waals surface area contributed by atoms with Crippen molar-refractivity contribution in [3.63, 3.8) is 0 Å². The lowest BCUT2D eigenvalue weighted by atomic mass is 9.97. The maximum atomic E-state index is 10.1. The van der Waals surface area contributed by atoms with Gasteiger partial charge in [-0.3, -0.25) is 0 Å². The Morgan fingerprint density at radius 2 is 2.12 bits per heavy atom. The van der Waals surface area contributed by atoms with Crippen LogP contribution in [-0.2, 0) is 13.5 Å². The molecule has 1 fully saturated rings. The second-order valence-corrected chi connectivity index (χ2v) is 6.83. The van der Waals surface area contributed by atoms with Gasteiger partial charge in [0, 0.05) is 32.7 Å². The summed E-state index contributed by atoms with van der Waals surface area (Å²) in [5, 5.41) is 18.1. The minimum atomic E-state index is 0.276. The molecule has 2 aromatic rings. The summed E-state index contributed by atoms with van der Waals surface area (Å²) < 4.78 is 1.75. The van der Waals surface area contributed by atoms with Crippen molar-refractivity contribution < 1.29 is 5.11 Å². The van der Waals surface area contributed by atoms with Crippen LogP contribution in [0.2, 0.25) is 0 Å². The van der Waals surface area contributed by atoms with E-state index in [9.17, 15) is 5.11 Å². The third kappa shape index (κ3) is 3.87. The van der Waals surface area contributed by atoms with Gasteiger partial charge >= 0.3 is 0 Å². The van der Waals surface area contributed by atoms with Gasteiger partial charge in [0.25, 0.3) is 0 Å². The van der Waals surface area contributed by atoms with E-state index in [1.807, 2.05) is 32.1 Å². The molecule has 2 N–H and O–H groups in total. The molecule has 0 saturated carbocycles. The van der Waals surface area contributed by atoms with Crippen LogP contribution in [0.3, 0.4) is 0 Å². The first kappa shape index (κ1) is 16.8. The first-order chi connectivity index (χ1) is 11.5. The largest absolute Gasteiger partial charge is 0.508 e. The van der Waals surface area contributed by atoms with Gasteiger partial charge in [0.15, 0.2) is 5.82 Å². The first-order valence-electron chi connectivity index (χ1n) is 8.68. The van der Waals surface area contributed by atoms with E-state index >= 15 is 0 Å². The van der Waals surface area contributed by atoms with Gasteiger partial charge in [0.1, 0.15) is 5.75 Å². The van der Waals surface area contributed by atoms with E-state index in [-0.39, 0.29) is 5.75 Å². The highest BCUT2D eigenvalue weighted by Crippen LogP contribution is 2.26. The Labute approximate surface area is 143 Å². The summed E-state index contributed by atoms with van der Waals surface area (Å²) in [5.74, 6) is 1.72. The van der Waals surface area contributed by atoms with E-state index in [0.717, 1.165) is 36.5 Å². The molecular formula is C18H27N5O. The SMILES string of the molecule is CN(C)c1nc(-c2cc(O)cc(CC[C@@H]3CCCCN3)c2)nn1C. The average Bonchev–Trinajstić information content (AvgIpc) is 2.96. The predicted octanol–water partition coefficient (Wildman–Crippen LogP) is 2.33. The van der Waals surface area contributed by atoms with Crippen molar-refractivity contribution in [3.8, 4) is 17.1 Å². The lowest BCUT2D eigenvalue weighted by Crippen LogP contribution is -2.34. The molecule has 1 aliphatic heterocycles. The molecule has 1 aromatic carbocycles. The molecule has 0 unspecified atom stereocenters. The van der Waals surface area contributed by atoms with E-state index in [4.69, 9.17) is 0 Å². The quantitative estimate of drug-likeness (QED) is 0.881. The molecule has 130 valence electrons. The molecule has 0 radical (unpaired) electrons. The molecule has 6 heteroatoms. The summed E-state index contributed by atoms with van der Waals surface area (Å²) in [6.45, 7) is 1.13. The topological polar surface area (TPSA) is 66.2 Å². The van der Waals surface area contributed by atoms with Crippen LogP contribution in [0.15, 0.2) is 18.2 Å². The van der Waals surface area contributed by atoms with Crippen LogP contribution in [0.5, 0.6) is 5.75 Å². The highest BCUT2D eigenvalue weighted by molar-refractivity contribution is 5.60. The molecule has 0 amide bonds. The number of aryl methyl sites for hydroxylation is 2. The normalized spacial score (nSPS) is 17.9. The van der Waals surface area contributed by atoms with Gasteiger partial charge in [-0.1, -0.05) is 6.42 Å². The Morgan fingerprint density at radius 3 is 2.79 bits per heavy atom. The summed E-state index contributed by atoms with van der Waals surface area (Å²) in [4.78, 5) is 6.49. The monoisotopic (exact) mass is 329 g/mol. The number of nitrogens with one attached hydrogen (secondary N) is 1. The summed E-state index contributed by atoms with van der Waals surface area (Å²) >= 11 is 0. The van der Waals surface area contributed by atoms with Gasteiger partial charge < -0.3 is 15.3 Å². The molecule has 0 spiro atoms. The minimum Gasteiger partial charge on any atom is -0.508 e. The number of phenols is 1. The fourth-order valence-corrected chi connectivity index (χ4v) is 3.35. The zero-order valence-electron chi connectivity index (χ0n) is 14.8. The molecular weight excluding hydrogens is 302 g/mol. The maximum absolute atomic E-state index is 10.1. The summed E-state index contributed by atoms with van der Waals surface area (Å²) in [6.07, 6.45) is 5.90. The van der Waals surface area contributed by atoms with Crippen LogP contribution in [0, 0.1) is 0 Å². The predicted molar refractivity (Wildman–Crippen MR) is 96.4 cm³/mol. The number of hydrogen-bond acceptors (Lipinski definition) is 5. The van der Waals surface area contributed by atoms with E-state index in [2.05, 4.69) is 21.5 Å². The Kier molecular flexibility index (Phi) is 5.04. The van der Waals surface area contributed by atoms with Gasteiger partial charge in [0.2, 0.25) is 5.95 Å². The number of phenolic OH excluding ortho intramolecular Hbond substituents is 1. The lowest BCUT2D eigenvalue weighted by Gasteiger charge is -2.23. The van der Waals surface area contributed by atoms with Crippen molar-refractivity contribution in [2.24, 2.45) is 7.05 Å². The Bertz CT molecular complexity index is 689. The van der Waals surface area contributed by atoms with Crippen LogP contribution >= 0.6 is 0 Å². The molecule has 1 atom stereocenters. The number of aromatic hydroxyl groups is 1. The minimum absolute atomic E-state index is 0.276. The fraction of sp³-hybridized carbons (Fsp3) is 0.556. The van der Waals surface area contributed by atoms with Gasteiger partial charge in [-0.15, -0.1) is 5.10 Å². The van der Waals surface area contributed by atoms with Crippen molar-refractivity contribution in [2.45, 2.75) is 38.1 Å². The summed E-state index contributed by atoms with van der Waals surface area (Å²) in [7, 11) is 5.77. The van der Waals surface area contributed by atoms with Crippen molar-refractivity contribution >= 4 is 5.95 Å². The van der Waals surface area contributed by atoms with Gasteiger partial charge in [-0.2, -0.15) is 4.98 Å². The number of piperidine rings is 1. The molecule has 2 heterocycles. The van der Waals surface area contributed by atoms with Crippen LogP contribution in [0.1, 0.15) is 31.2 Å². The molecule has 1 saturated heterocycles. The highest BCUT2D eigenvalue weighted by atomic mass is 16.3. The number of rotatable bonds is 5. The fourth-order valence-electron chi connectivity index (χ4n) is 3.35. The number of hydrogen-bond donors (Lipinski definition) is 2. The molecule has 1 aromatic heterocycles. The first-order valence-corrected chi connectivity index (χ1v) is 8.68. The Hall–Kier alpha value is -2.08. The standard InChI is InChI=1S/C18H27N5O/c1-22(2)18-20-17(21-23(18)3)14-10-13(11-16(24)12-14)7-8-15-6-4-5-9-19-15/h10-12,15,19,24H,4-9H2,1-3H3/t15-/m0/s1. The van der Waals surface area contributed by atoms with Crippen molar-refractivity contribution in [2.75, 3.05) is 25.5 Å². The van der Waals surface area contributed by atoms with E-state index < -0.39 is 0 Å². The molecule has 0 aliphatic carbocycles. The van der Waals surface area contributed by atoms with Crippen molar-refractivity contribution in [3.05, 3.63) is 23.8 Å². The zero-order chi connectivity index (χ0) is 17.1. The molecule has 1 aliphatic rings. The lowest BCUT2D eigenvalue weighted by molar-refractivity contribution is 0.382. The van der Waals surface area contributed by atoms with Crippen molar-refractivity contribution in [1.29, 1.82) is 0 Å². The van der Waals surface area contributed by atoms with Gasteiger partial charge in [-0.05, 0) is 56.0 Å². The van der Waals surface area contributed by atoms with Crippen LogP contribution in [-0.4, -0.2) is 46.6 Å². The number of nitrogens with zero attached hydrogens (tertiary/aromatic N) is 4. The third-order valence-electron chi connectivity index (χ3n) is 4.57. The molecule has 24 heavy (non-hydrogen) atoms. The Balaban J connectivity index is 1.77. The second kappa shape index (κ2) is 7.21. The van der Waals surface area contributed by atoms with E-state index in [0.29, 0.717) is 11.9 Å². The van der Waals surface area contributed by atoms with Gasteiger partial charge in [-0.25, -0.2) is 4.68 Å². The second-order valence-electron chi connectivity index (χ2n) is 6.83. The maximum Gasteiger partial charge on any atom is 0.223 e.